The third kappa shape index (κ3) is 3.15. The third-order valence-corrected chi connectivity index (χ3v) is 4.32. The highest BCUT2D eigenvalue weighted by Crippen LogP contribution is 2.43. The van der Waals surface area contributed by atoms with Crippen LogP contribution in [-0.4, -0.2) is 5.78 Å². The second kappa shape index (κ2) is 6.87. The Bertz CT molecular complexity index is 685. The van der Waals surface area contributed by atoms with Gasteiger partial charge in [0.05, 0.1) is 5.41 Å². The average molecular weight is 290 g/mol. The number of nitriles is 2. The van der Waals surface area contributed by atoms with Gasteiger partial charge < -0.3 is 0 Å². The van der Waals surface area contributed by atoms with Crippen LogP contribution in [-0.2, 0) is 4.79 Å². The summed E-state index contributed by atoms with van der Waals surface area (Å²) in [5.74, 6) is -0.0333. The summed E-state index contributed by atoms with van der Waals surface area (Å²) in [4.78, 5) is 12.7. The molecule has 0 N–H and O–H groups in total. The van der Waals surface area contributed by atoms with E-state index < -0.39 is 5.41 Å². The zero-order valence-electron chi connectivity index (χ0n) is 12.7. The van der Waals surface area contributed by atoms with Gasteiger partial charge in [-0.15, -0.1) is 0 Å². The van der Waals surface area contributed by atoms with E-state index in [-0.39, 0.29) is 11.4 Å². The van der Waals surface area contributed by atoms with Gasteiger partial charge in [0.1, 0.15) is 17.7 Å². The van der Waals surface area contributed by atoms with Crippen molar-refractivity contribution in [1.82, 2.24) is 0 Å². The van der Waals surface area contributed by atoms with Crippen LogP contribution in [0.1, 0.15) is 38.2 Å². The van der Waals surface area contributed by atoms with E-state index in [4.69, 9.17) is 10.5 Å². The largest absolute Gasteiger partial charge is 0.294 e. The first-order valence-electron chi connectivity index (χ1n) is 7.43. The van der Waals surface area contributed by atoms with Crippen molar-refractivity contribution in [3.05, 3.63) is 53.1 Å². The van der Waals surface area contributed by atoms with E-state index in [0.29, 0.717) is 18.4 Å². The summed E-state index contributed by atoms with van der Waals surface area (Å²) < 4.78 is 0. The summed E-state index contributed by atoms with van der Waals surface area (Å²) in [6.07, 6.45) is 6.57. The Labute approximate surface area is 131 Å². The van der Waals surface area contributed by atoms with E-state index in [2.05, 4.69) is 0 Å². The van der Waals surface area contributed by atoms with Gasteiger partial charge in [-0.1, -0.05) is 42.8 Å². The van der Waals surface area contributed by atoms with Crippen molar-refractivity contribution in [2.75, 3.05) is 0 Å². The van der Waals surface area contributed by atoms with Gasteiger partial charge in [-0.2, -0.15) is 10.5 Å². The molecule has 0 heterocycles. The number of nitrogens with zero attached hydrogens (tertiary/aromatic N) is 2. The number of ketones is 1. The van der Waals surface area contributed by atoms with Crippen molar-refractivity contribution in [2.45, 2.75) is 32.6 Å². The molecule has 1 fully saturated rings. The van der Waals surface area contributed by atoms with Crippen molar-refractivity contribution in [3.63, 3.8) is 0 Å². The Morgan fingerprint density at radius 3 is 2.50 bits per heavy atom. The highest BCUT2D eigenvalue weighted by molar-refractivity contribution is 6.00. The summed E-state index contributed by atoms with van der Waals surface area (Å²) in [7, 11) is 0. The van der Waals surface area contributed by atoms with Crippen molar-refractivity contribution in [2.24, 2.45) is 5.41 Å². The molecule has 1 aromatic carbocycles. The molecule has 1 saturated carbocycles. The van der Waals surface area contributed by atoms with Gasteiger partial charge in [-0.3, -0.25) is 4.79 Å². The van der Waals surface area contributed by atoms with Gasteiger partial charge >= 0.3 is 0 Å². The Balaban J connectivity index is 2.33. The fourth-order valence-electron chi connectivity index (χ4n) is 2.96. The number of hydrogen-bond acceptors (Lipinski definition) is 3. The Morgan fingerprint density at radius 2 is 1.86 bits per heavy atom. The summed E-state index contributed by atoms with van der Waals surface area (Å²) in [6.45, 7) is 1.86. The van der Waals surface area contributed by atoms with Crippen molar-refractivity contribution < 1.29 is 4.79 Å². The summed E-state index contributed by atoms with van der Waals surface area (Å²) in [6, 6.07) is 13.5. The van der Waals surface area contributed by atoms with Gasteiger partial charge in [0.2, 0.25) is 0 Å². The first kappa shape index (κ1) is 15.7. The minimum atomic E-state index is -0.732. The standard InChI is InChI=1S/C19H18N2O/c1-19(12-6-5-9-17(19)16(13-20)14-21)18(22)11-10-15-7-3-2-4-8-15/h2-4,7-8,10-11H,5-6,9,12H2,1H3/b11-10+. The lowest BCUT2D eigenvalue weighted by Crippen LogP contribution is -2.32. The maximum Gasteiger partial charge on any atom is 0.165 e. The fourth-order valence-corrected chi connectivity index (χ4v) is 2.96. The summed E-state index contributed by atoms with van der Waals surface area (Å²) >= 11 is 0. The van der Waals surface area contributed by atoms with Crippen LogP contribution >= 0.6 is 0 Å². The van der Waals surface area contributed by atoms with E-state index in [1.54, 1.807) is 12.2 Å². The van der Waals surface area contributed by atoms with E-state index in [1.165, 1.54) is 0 Å². The molecule has 1 aliphatic rings. The van der Waals surface area contributed by atoms with Gasteiger partial charge in [-0.05, 0) is 43.4 Å². The molecule has 0 aromatic heterocycles. The molecular weight excluding hydrogens is 272 g/mol. The second-order valence-corrected chi connectivity index (χ2v) is 5.72. The molecular formula is C19H18N2O. The smallest absolute Gasteiger partial charge is 0.165 e. The fraction of sp³-hybridized carbons (Fsp3) is 0.316. The van der Waals surface area contributed by atoms with Crippen LogP contribution < -0.4 is 0 Å². The minimum absolute atomic E-state index is 0.0333. The number of carbonyl (C=O) groups excluding carboxylic acids is 1. The molecule has 0 aliphatic heterocycles. The van der Waals surface area contributed by atoms with Gasteiger partial charge in [0.15, 0.2) is 5.78 Å². The average Bonchev–Trinajstić information content (AvgIpc) is 2.56. The van der Waals surface area contributed by atoms with Crippen LogP contribution in [0.3, 0.4) is 0 Å². The predicted molar refractivity (Wildman–Crippen MR) is 85.3 cm³/mol. The summed E-state index contributed by atoms with van der Waals surface area (Å²) in [5.41, 5.74) is 1.03. The quantitative estimate of drug-likeness (QED) is 0.619. The molecule has 22 heavy (non-hydrogen) atoms. The maximum absolute atomic E-state index is 12.7. The first-order valence-corrected chi connectivity index (χ1v) is 7.43. The van der Waals surface area contributed by atoms with Crippen molar-refractivity contribution in [3.8, 4) is 12.1 Å². The maximum atomic E-state index is 12.7. The molecule has 3 nitrogen and oxygen atoms in total. The van der Waals surface area contributed by atoms with Crippen LogP contribution in [0.2, 0.25) is 0 Å². The third-order valence-electron chi connectivity index (χ3n) is 4.32. The lowest BCUT2D eigenvalue weighted by Gasteiger charge is -2.34. The lowest BCUT2D eigenvalue weighted by atomic mass is 9.67. The second-order valence-electron chi connectivity index (χ2n) is 5.72. The molecule has 1 aliphatic carbocycles. The molecule has 110 valence electrons. The number of carbonyl (C=O) groups is 1. The van der Waals surface area contributed by atoms with E-state index in [9.17, 15) is 4.79 Å². The molecule has 3 heteroatoms. The van der Waals surface area contributed by atoms with E-state index in [0.717, 1.165) is 18.4 Å². The topological polar surface area (TPSA) is 64.7 Å². The molecule has 0 spiro atoms. The Kier molecular flexibility index (Phi) is 4.92. The van der Waals surface area contributed by atoms with Crippen LogP contribution in [0, 0.1) is 28.1 Å². The number of rotatable bonds is 3. The SMILES string of the molecule is CC1(C(=O)/C=C/c2ccccc2)CCCCC1=C(C#N)C#N. The first-order chi connectivity index (χ1) is 10.6. The minimum Gasteiger partial charge on any atom is -0.294 e. The zero-order chi connectivity index (χ0) is 16.0. The number of hydrogen-bond donors (Lipinski definition) is 0. The van der Waals surface area contributed by atoms with Crippen LogP contribution in [0.15, 0.2) is 47.6 Å². The van der Waals surface area contributed by atoms with Crippen LogP contribution in [0.5, 0.6) is 0 Å². The number of allylic oxidation sites excluding steroid dienone is 3. The van der Waals surface area contributed by atoms with E-state index >= 15 is 0 Å². The normalized spacial score (nSPS) is 21.1. The highest BCUT2D eigenvalue weighted by atomic mass is 16.1. The van der Waals surface area contributed by atoms with Gasteiger partial charge in [0.25, 0.3) is 0 Å². The number of benzene rings is 1. The predicted octanol–water partition coefficient (Wildman–Crippen LogP) is 4.19. The molecule has 2 rings (SSSR count). The monoisotopic (exact) mass is 290 g/mol. The van der Waals surface area contributed by atoms with Crippen LogP contribution in [0.4, 0.5) is 0 Å². The molecule has 0 bridgehead atoms. The zero-order valence-corrected chi connectivity index (χ0v) is 12.7. The lowest BCUT2D eigenvalue weighted by molar-refractivity contribution is -0.122. The Morgan fingerprint density at radius 1 is 1.18 bits per heavy atom. The van der Waals surface area contributed by atoms with Gasteiger partial charge in [-0.25, -0.2) is 0 Å². The molecule has 1 aromatic rings. The highest BCUT2D eigenvalue weighted by Gasteiger charge is 2.39. The van der Waals surface area contributed by atoms with Crippen molar-refractivity contribution in [1.29, 1.82) is 10.5 Å². The van der Waals surface area contributed by atoms with E-state index in [1.807, 2.05) is 49.4 Å². The van der Waals surface area contributed by atoms with Crippen molar-refractivity contribution >= 4 is 11.9 Å². The Hall–Kier alpha value is -2.65. The molecule has 1 atom stereocenters. The van der Waals surface area contributed by atoms with Crippen LogP contribution in [0.25, 0.3) is 6.08 Å². The molecule has 0 radical (unpaired) electrons. The summed E-state index contributed by atoms with van der Waals surface area (Å²) in [5, 5.41) is 18.3. The molecule has 0 saturated heterocycles. The molecule has 1 unspecified atom stereocenters. The molecule has 0 amide bonds. The van der Waals surface area contributed by atoms with Gasteiger partial charge in [0, 0.05) is 0 Å².